The molecule has 0 aliphatic carbocycles. The van der Waals surface area contributed by atoms with Gasteiger partial charge in [0.2, 0.25) is 15.9 Å². The number of benzene rings is 2. The van der Waals surface area contributed by atoms with E-state index in [0.29, 0.717) is 12.2 Å². The summed E-state index contributed by atoms with van der Waals surface area (Å²) < 4.78 is 27.6. The zero-order chi connectivity index (χ0) is 20.1. The summed E-state index contributed by atoms with van der Waals surface area (Å²) in [6.45, 7) is 2.86. The third-order valence-electron chi connectivity index (χ3n) is 4.65. The lowest BCUT2D eigenvalue weighted by atomic mass is 10.2. The van der Waals surface area contributed by atoms with Crippen molar-refractivity contribution in [2.75, 3.05) is 23.7 Å². The van der Waals surface area contributed by atoms with Crippen LogP contribution in [0.2, 0.25) is 0 Å². The maximum absolute atomic E-state index is 12.3. The van der Waals surface area contributed by atoms with E-state index in [-0.39, 0.29) is 12.5 Å². The molecule has 6 nitrogen and oxygen atoms in total. The molecule has 7 heteroatoms. The number of carbonyl (C=O) groups excluding carboxylic acids is 1. The van der Waals surface area contributed by atoms with E-state index in [1.807, 2.05) is 37.4 Å². The van der Waals surface area contributed by atoms with Crippen molar-refractivity contribution < 1.29 is 13.2 Å². The molecule has 0 saturated heterocycles. The van der Waals surface area contributed by atoms with Crippen LogP contribution in [0.1, 0.15) is 12.0 Å². The Hall–Kier alpha value is -2.80. The summed E-state index contributed by atoms with van der Waals surface area (Å²) in [5, 5.41) is 4.02. The quantitative estimate of drug-likeness (QED) is 0.592. The first-order valence-electron chi connectivity index (χ1n) is 9.20. The van der Waals surface area contributed by atoms with E-state index < -0.39 is 10.0 Å². The summed E-state index contributed by atoms with van der Waals surface area (Å²) in [7, 11) is -3.56. The largest absolute Gasteiger partial charge is 0.354 e. The minimum absolute atomic E-state index is 0.226. The number of nitrogens with one attached hydrogen (secondary N) is 1. The molecular weight excluding hydrogens is 374 g/mol. The monoisotopic (exact) mass is 399 g/mol. The normalized spacial score (nSPS) is 11.5. The van der Waals surface area contributed by atoms with Gasteiger partial charge in [-0.15, -0.1) is 0 Å². The standard InChI is InChI=1S/C21H25N3O3S/c1-17-8-3-5-10-19(17)24(28(2,26)27)16-21(25)22-13-7-14-23-15-12-18-9-4-6-11-20(18)23/h3-6,8-12,15H,7,13-14,16H2,1-2H3,(H,22,25). The van der Waals surface area contributed by atoms with Crippen molar-refractivity contribution in [2.45, 2.75) is 19.9 Å². The van der Waals surface area contributed by atoms with Crippen LogP contribution in [0.15, 0.2) is 60.8 Å². The average molecular weight is 400 g/mol. The van der Waals surface area contributed by atoms with Crippen molar-refractivity contribution in [3.05, 3.63) is 66.4 Å². The minimum Gasteiger partial charge on any atom is -0.354 e. The van der Waals surface area contributed by atoms with Gasteiger partial charge in [-0.25, -0.2) is 8.42 Å². The Kier molecular flexibility index (Phi) is 6.04. The number of aromatic nitrogens is 1. The second-order valence-corrected chi connectivity index (χ2v) is 8.73. The Morgan fingerprint density at radius 2 is 1.79 bits per heavy atom. The second kappa shape index (κ2) is 8.48. The topological polar surface area (TPSA) is 71.4 Å². The first-order chi connectivity index (χ1) is 13.4. The number of rotatable bonds is 8. The number of aryl methyl sites for hydroxylation is 2. The molecule has 1 aromatic heterocycles. The molecular formula is C21H25N3O3S. The second-order valence-electron chi connectivity index (χ2n) is 6.83. The fraction of sp³-hybridized carbons (Fsp3) is 0.286. The van der Waals surface area contributed by atoms with Crippen LogP contribution in [-0.4, -0.2) is 38.2 Å². The lowest BCUT2D eigenvalue weighted by Gasteiger charge is -2.23. The molecule has 0 bridgehead atoms. The molecule has 1 amide bonds. The Bertz CT molecular complexity index is 1070. The van der Waals surface area contributed by atoms with E-state index in [1.54, 1.807) is 12.1 Å². The number of sulfonamides is 1. The van der Waals surface area contributed by atoms with Gasteiger partial charge in [0.15, 0.2) is 0 Å². The van der Waals surface area contributed by atoms with Gasteiger partial charge in [-0.3, -0.25) is 9.10 Å². The Labute approximate surface area is 165 Å². The molecule has 28 heavy (non-hydrogen) atoms. The van der Waals surface area contributed by atoms with Gasteiger partial charge in [-0.2, -0.15) is 0 Å². The van der Waals surface area contributed by atoms with Gasteiger partial charge >= 0.3 is 0 Å². The molecule has 0 unspecified atom stereocenters. The molecule has 0 radical (unpaired) electrons. The van der Waals surface area contributed by atoms with Crippen LogP contribution in [0.25, 0.3) is 10.9 Å². The Morgan fingerprint density at radius 3 is 2.54 bits per heavy atom. The molecule has 3 rings (SSSR count). The van der Waals surface area contributed by atoms with Crippen molar-refractivity contribution in [3.8, 4) is 0 Å². The van der Waals surface area contributed by atoms with Crippen LogP contribution >= 0.6 is 0 Å². The molecule has 0 atom stereocenters. The summed E-state index contributed by atoms with van der Waals surface area (Å²) in [5.74, 6) is -0.314. The van der Waals surface area contributed by atoms with Crippen LogP contribution in [0.5, 0.6) is 0 Å². The summed E-state index contributed by atoms with van der Waals surface area (Å²) in [5.41, 5.74) is 2.50. The number of fused-ring (bicyclic) bond motifs is 1. The fourth-order valence-corrected chi connectivity index (χ4v) is 4.14. The van der Waals surface area contributed by atoms with Crippen molar-refractivity contribution in [2.24, 2.45) is 0 Å². The Balaban J connectivity index is 1.56. The van der Waals surface area contributed by atoms with Crippen molar-refractivity contribution >= 4 is 32.5 Å². The number of nitrogens with zero attached hydrogens (tertiary/aromatic N) is 2. The number of para-hydroxylation sites is 2. The maximum atomic E-state index is 12.3. The van der Waals surface area contributed by atoms with E-state index in [1.165, 1.54) is 5.39 Å². The van der Waals surface area contributed by atoms with Crippen LogP contribution in [0.4, 0.5) is 5.69 Å². The molecule has 1 N–H and O–H groups in total. The number of hydrogen-bond donors (Lipinski definition) is 1. The highest BCUT2D eigenvalue weighted by atomic mass is 32.2. The lowest BCUT2D eigenvalue weighted by molar-refractivity contribution is -0.119. The molecule has 0 fully saturated rings. The zero-order valence-corrected chi connectivity index (χ0v) is 16.9. The Morgan fingerprint density at radius 1 is 1.07 bits per heavy atom. The van der Waals surface area contributed by atoms with Gasteiger partial charge in [0.25, 0.3) is 0 Å². The lowest BCUT2D eigenvalue weighted by Crippen LogP contribution is -2.41. The molecule has 0 aliphatic rings. The van der Waals surface area contributed by atoms with Crippen molar-refractivity contribution in [1.82, 2.24) is 9.88 Å². The first-order valence-corrected chi connectivity index (χ1v) is 11.0. The zero-order valence-electron chi connectivity index (χ0n) is 16.1. The molecule has 0 spiro atoms. The molecule has 1 heterocycles. The molecule has 148 valence electrons. The fourth-order valence-electron chi connectivity index (χ4n) is 3.22. The number of amides is 1. The van der Waals surface area contributed by atoms with Crippen molar-refractivity contribution in [1.29, 1.82) is 0 Å². The van der Waals surface area contributed by atoms with Crippen LogP contribution in [0.3, 0.4) is 0 Å². The third-order valence-corrected chi connectivity index (χ3v) is 5.78. The number of anilines is 1. The molecule has 2 aromatic carbocycles. The highest BCUT2D eigenvalue weighted by molar-refractivity contribution is 7.92. The minimum atomic E-state index is -3.56. The summed E-state index contributed by atoms with van der Waals surface area (Å²) in [4.78, 5) is 12.3. The van der Waals surface area contributed by atoms with Gasteiger partial charge in [0.05, 0.1) is 11.9 Å². The van der Waals surface area contributed by atoms with Crippen molar-refractivity contribution in [3.63, 3.8) is 0 Å². The number of hydrogen-bond acceptors (Lipinski definition) is 3. The average Bonchev–Trinajstić information content (AvgIpc) is 3.06. The van der Waals surface area contributed by atoms with E-state index >= 15 is 0 Å². The smallest absolute Gasteiger partial charge is 0.240 e. The first kappa shape index (κ1) is 19.9. The molecule has 0 aliphatic heterocycles. The summed E-state index contributed by atoms with van der Waals surface area (Å²) in [6.07, 6.45) is 3.91. The molecule has 3 aromatic rings. The van der Waals surface area contributed by atoms with E-state index in [2.05, 4.69) is 28.1 Å². The van der Waals surface area contributed by atoms with Gasteiger partial charge in [0, 0.05) is 24.8 Å². The summed E-state index contributed by atoms with van der Waals surface area (Å²) >= 11 is 0. The van der Waals surface area contributed by atoms with Crippen LogP contribution in [-0.2, 0) is 21.4 Å². The third kappa shape index (κ3) is 4.72. The highest BCUT2D eigenvalue weighted by Crippen LogP contribution is 2.21. The predicted octanol–water partition coefficient (Wildman–Crippen LogP) is 2.92. The molecule has 0 saturated carbocycles. The van der Waals surface area contributed by atoms with Crippen LogP contribution in [0, 0.1) is 6.92 Å². The highest BCUT2D eigenvalue weighted by Gasteiger charge is 2.21. The van der Waals surface area contributed by atoms with E-state index in [4.69, 9.17) is 0 Å². The van der Waals surface area contributed by atoms with Gasteiger partial charge in [-0.1, -0.05) is 36.4 Å². The summed E-state index contributed by atoms with van der Waals surface area (Å²) in [6, 6.07) is 17.4. The van der Waals surface area contributed by atoms with E-state index in [0.717, 1.165) is 34.6 Å². The van der Waals surface area contributed by atoms with Gasteiger partial charge < -0.3 is 9.88 Å². The van der Waals surface area contributed by atoms with Gasteiger partial charge in [0.1, 0.15) is 6.54 Å². The number of carbonyl (C=O) groups is 1. The predicted molar refractivity (Wildman–Crippen MR) is 113 cm³/mol. The van der Waals surface area contributed by atoms with Crippen LogP contribution < -0.4 is 9.62 Å². The van der Waals surface area contributed by atoms with Gasteiger partial charge in [-0.05, 0) is 42.5 Å². The van der Waals surface area contributed by atoms with E-state index in [9.17, 15) is 13.2 Å². The maximum Gasteiger partial charge on any atom is 0.240 e. The SMILES string of the molecule is Cc1ccccc1N(CC(=O)NCCCn1ccc2ccccc21)S(C)(=O)=O.